The molecule has 0 aliphatic carbocycles. The summed E-state index contributed by atoms with van der Waals surface area (Å²) in [6.07, 6.45) is -3.29. The molecule has 2 aromatic rings. The Labute approximate surface area is 131 Å². The average Bonchev–Trinajstić information content (AvgIpc) is 2.49. The molecule has 2 nitrogen and oxygen atoms in total. The number of hydrogen-bond acceptors (Lipinski definition) is 1. The fourth-order valence-corrected chi connectivity index (χ4v) is 2.11. The van der Waals surface area contributed by atoms with Gasteiger partial charge in [-0.1, -0.05) is 30.3 Å². The fraction of sp³-hybridized carbons (Fsp3) is 0.235. The summed E-state index contributed by atoms with van der Waals surface area (Å²) in [4.78, 5) is 11.8. The minimum absolute atomic E-state index is 0.102. The fourth-order valence-electron chi connectivity index (χ4n) is 2.11. The minimum atomic E-state index is -4.58. The van der Waals surface area contributed by atoms with Crippen LogP contribution in [0.15, 0.2) is 48.5 Å². The largest absolute Gasteiger partial charge is 0.416 e. The van der Waals surface area contributed by atoms with Gasteiger partial charge in [0.2, 0.25) is 5.91 Å². The van der Waals surface area contributed by atoms with Gasteiger partial charge in [-0.15, -0.1) is 0 Å². The molecule has 0 radical (unpaired) electrons. The van der Waals surface area contributed by atoms with Crippen LogP contribution in [-0.2, 0) is 17.4 Å². The van der Waals surface area contributed by atoms with E-state index in [0.717, 1.165) is 5.56 Å². The zero-order valence-electron chi connectivity index (χ0n) is 12.2. The molecule has 0 unspecified atom stereocenters. The molecule has 0 aromatic heterocycles. The molecule has 0 fully saturated rings. The van der Waals surface area contributed by atoms with Crippen LogP contribution < -0.4 is 5.32 Å². The maximum atomic E-state index is 13.5. The predicted octanol–water partition coefficient (Wildman–Crippen LogP) is 4.81. The van der Waals surface area contributed by atoms with Crippen LogP contribution in [0.2, 0.25) is 0 Å². The van der Waals surface area contributed by atoms with Crippen LogP contribution in [0.4, 0.5) is 23.2 Å². The van der Waals surface area contributed by atoms with E-state index < -0.39 is 29.2 Å². The topological polar surface area (TPSA) is 29.1 Å². The molecule has 0 saturated carbocycles. The maximum Gasteiger partial charge on any atom is 0.416 e. The quantitative estimate of drug-likeness (QED) is 0.786. The first-order valence-corrected chi connectivity index (χ1v) is 7.07. The van der Waals surface area contributed by atoms with Gasteiger partial charge in [-0.2, -0.15) is 13.2 Å². The highest BCUT2D eigenvalue weighted by Crippen LogP contribution is 2.31. The van der Waals surface area contributed by atoms with E-state index in [1.807, 2.05) is 30.3 Å². The second kappa shape index (κ2) is 7.26. The lowest BCUT2D eigenvalue weighted by atomic mass is 10.1. The summed E-state index contributed by atoms with van der Waals surface area (Å²) >= 11 is 0. The number of hydrogen-bond donors (Lipinski definition) is 1. The van der Waals surface area contributed by atoms with E-state index in [9.17, 15) is 22.4 Å². The molecule has 0 bridgehead atoms. The van der Waals surface area contributed by atoms with E-state index in [1.54, 1.807) is 0 Å². The Balaban J connectivity index is 1.92. The van der Waals surface area contributed by atoms with Crippen molar-refractivity contribution in [2.45, 2.75) is 25.4 Å². The zero-order valence-corrected chi connectivity index (χ0v) is 12.2. The number of nitrogens with one attached hydrogen (secondary N) is 1. The van der Waals surface area contributed by atoms with Crippen LogP contribution in [0.25, 0.3) is 0 Å². The highest BCUT2D eigenvalue weighted by atomic mass is 19.4. The van der Waals surface area contributed by atoms with Crippen molar-refractivity contribution in [1.29, 1.82) is 0 Å². The van der Waals surface area contributed by atoms with Crippen LogP contribution in [-0.4, -0.2) is 5.91 Å². The highest BCUT2D eigenvalue weighted by molar-refractivity contribution is 5.90. The molecule has 1 N–H and O–H groups in total. The molecule has 0 atom stereocenters. The monoisotopic (exact) mass is 325 g/mol. The Kier molecular flexibility index (Phi) is 5.36. The SMILES string of the molecule is O=C(CCCc1ccccc1)Nc1cc(C(F)(F)F)ccc1F. The van der Waals surface area contributed by atoms with E-state index in [1.165, 1.54) is 0 Å². The molecule has 1 amide bonds. The van der Waals surface area contributed by atoms with E-state index in [2.05, 4.69) is 5.32 Å². The molecule has 0 spiro atoms. The van der Waals surface area contributed by atoms with Crippen molar-refractivity contribution in [3.8, 4) is 0 Å². The molecule has 2 aromatic carbocycles. The Bertz CT molecular complexity index is 668. The van der Waals surface area contributed by atoms with Gasteiger partial charge in [-0.05, 0) is 36.6 Å². The Morgan fingerprint density at radius 2 is 1.74 bits per heavy atom. The van der Waals surface area contributed by atoms with Gasteiger partial charge in [0, 0.05) is 6.42 Å². The standard InChI is InChI=1S/C17H15F4NO/c18-14-10-9-13(17(19,20)21)11-15(14)22-16(23)8-4-7-12-5-2-1-3-6-12/h1-3,5-6,9-11H,4,7-8H2,(H,22,23). The summed E-state index contributed by atoms with van der Waals surface area (Å²) in [6, 6.07) is 11.4. The summed E-state index contributed by atoms with van der Waals surface area (Å²) in [5.41, 5.74) is -0.395. The summed E-state index contributed by atoms with van der Waals surface area (Å²) in [6.45, 7) is 0. The van der Waals surface area contributed by atoms with Crippen molar-refractivity contribution in [2.75, 3.05) is 5.32 Å². The lowest BCUT2D eigenvalue weighted by Crippen LogP contribution is -2.14. The van der Waals surface area contributed by atoms with Gasteiger partial charge in [0.1, 0.15) is 5.82 Å². The predicted molar refractivity (Wildman–Crippen MR) is 79.4 cm³/mol. The number of amides is 1. The van der Waals surface area contributed by atoms with Crippen molar-refractivity contribution in [2.24, 2.45) is 0 Å². The Hall–Kier alpha value is -2.37. The third kappa shape index (κ3) is 5.09. The highest BCUT2D eigenvalue weighted by Gasteiger charge is 2.31. The van der Waals surface area contributed by atoms with Crippen molar-refractivity contribution >= 4 is 11.6 Å². The molecule has 0 saturated heterocycles. The van der Waals surface area contributed by atoms with E-state index in [4.69, 9.17) is 0 Å². The van der Waals surface area contributed by atoms with E-state index in [-0.39, 0.29) is 6.42 Å². The van der Waals surface area contributed by atoms with Gasteiger partial charge in [0.25, 0.3) is 0 Å². The van der Waals surface area contributed by atoms with Gasteiger partial charge < -0.3 is 5.32 Å². The molecule has 0 heterocycles. The Morgan fingerprint density at radius 1 is 1.04 bits per heavy atom. The molecule has 2 rings (SSSR count). The number of rotatable bonds is 5. The number of carbonyl (C=O) groups is 1. The minimum Gasteiger partial charge on any atom is -0.324 e. The van der Waals surface area contributed by atoms with E-state index >= 15 is 0 Å². The van der Waals surface area contributed by atoms with Crippen LogP contribution in [0.1, 0.15) is 24.0 Å². The van der Waals surface area contributed by atoms with Crippen LogP contribution in [0, 0.1) is 5.82 Å². The normalized spacial score (nSPS) is 11.3. The van der Waals surface area contributed by atoms with Crippen molar-refractivity contribution in [1.82, 2.24) is 0 Å². The van der Waals surface area contributed by atoms with Gasteiger partial charge in [0.15, 0.2) is 0 Å². The summed E-state index contributed by atoms with van der Waals surface area (Å²) in [5, 5.41) is 2.20. The first-order valence-electron chi connectivity index (χ1n) is 7.07. The third-order valence-electron chi connectivity index (χ3n) is 3.28. The van der Waals surface area contributed by atoms with Crippen molar-refractivity contribution in [3.63, 3.8) is 0 Å². The van der Waals surface area contributed by atoms with Gasteiger partial charge >= 0.3 is 6.18 Å². The molecule has 0 aliphatic rings. The number of halogens is 4. The van der Waals surface area contributed by atoms with Gasteiger partial charge in [0.05, 0.1) is 11.3 Å². The molecule has 0 aliphatic heterocycles. The second-order valence-electron chi connectivity index (χ2n) is 5.08. The van der Waals surface area contributed by atoms with Gasteiger partial charge in [-0.25, -0.2) is 4.39 Å². The molecule has 6 heteroatoms. The molecule has 23 heavy (non-hydrogen) atoms. The lowest BCUT2D eigenvalue weighted by molar-refractivity contribution is -0.137. The first kappa shape index (κ1) is 17.0. The van der Waals surface area contributed by atoms with Crippen LogP contribution in [0.5, 0.6) is 0 Å². The third-order valence-corrected chi connectivity index (χ3v) is 3.28. The second-order valence-corrected chi connectivity index (χ2v) is 5.08. The number of carbonyl (C=O) groups excluding carboxylic acids is 1. The number of aryl methyl sites for hydroxylation is 1. The zero-order chi connectivity index (χ0) is 16.9. The summed E-state index contributed by atoms with van der Waals surface area (Å²) in [5.74, 6) is -1.41. The molecule has 122 valence electrons. The summed E-state index contributed by atoms with van der Waals surface area (Å²) in [7, 11) is 0. The molecular weight excluding hydrogens is 310 g/mol. The number of anilines is 1. The van der Waals surface area contributed by atoms with Crippen LogP contribution in [0.3, 0.4) is 0 Å². The smallest absolute Gasteiger partial charge is 0.324 e. The maximum absolute atomic E-state index is 13.5. The van der Waals surface area contributed by atoms with Crippen LogP contribution >= 0.6 is 0 Å². The molecular formula is C17H15F4NO. The Morgan fingerprint density at radius 3 is 2.39 bits per heavy atom. The number of alkyl halides is 3. The van der Waals surface area contributed by atoms with E-state index in [0.29, 0.717) is 31.0 Å². The first-order chi connectivity index (χ1) is 10.9. The van der Waals surface area contributed by atoms with Crippen molar-refractivity contribution < 1.29 is 22.4 Å². The lowest BCUT2D eigenvalue weighted by Gasteiger charge is -2.11. The summed E-state index contributed by atoms with van der Waals surface area (Å²) < 4.78 is 51.3. The number of benzene rings is 2. The van der Waals surface area contributed by atoms with Crippen molar-refractivity contribution in [3.05, 3.63) is 65.5 Å². The van der Waals surface area contributed by atoms with Gasteiger partial charge in [-0.3, -0.25) is 4.79 Å². The average molecular weight is 325 g/mol.